The molecule has 2 aliphatic heterocycles. The molecule has 0 aromatic carbocycles. The van der Waals surface area contributed by atoms with Gasteiger partial charge in [0.2, 0.25) is 0 Å². The number of carbonyl (C=O) groups is 4. The maximum Gasteiger partial charge on any atom is 1.00 e. The van der Waals surface area contributed by atoms with Gasteiger partial charge in [0.15, 0.2) is 10.8 Å². The van der Waals surface area contributed by atoms with Crippen LogP contribution in [0.1, 0.15) is 18.5 Å². The van der Waals surface area contributed by atoms with Gasteiger partial charge in [-0.1, -0.05) is 5.16 Å². The molecule has 0 bridgehead atoms. The third-order valence-electron chi connectivity index (χ3n) is 4.22. The van der Waals surface area contributed by atoms with E-state index in [-0.39, 0.29) is 72.1 Å². The Morgan fingerprint density at radius 3 is 2.80 bits per heavy atom. The number of nitrogens with zero attached hydrogens (tertiary/aromatic N) is 3. The number of aromatic nitrogens is 1. The molecule has 3 heterocycles. The van der Waals surface area contributed by atoms with E-state index in [1.165, 1.54) is 12.5 Å². The topological polar surface area (TPSA) is 186 Å². The second-order valence-corrected chi connectivity index (χ2v) is 6.96. The summed E-state index contributed by atoms with van der Waals surface area (Å²) in [6.45, 7) is -0.431. The number of nitrogen functional groups attached to an aromatic ring is 1. The summed E-state index contributed by atoms with van der Waals surface area (Å²) in [5.74, 6) is -4.93. The Balaban J connectivity index is 0.00000320. The van der Waals surface area contributed by atoms with Gasteiger partial charge in [0.1, 0.15) is 18.8 Å². The summed E-state index contributed by atoms with van der Waals surface area (Å²) in [7, 11) is 1.25. The van der Waals surface area contributed by atoms with Gasteiger partial charge in [-0.25, -0.2) is 4.98 Å². The first-order valence-electron chi connectivity index (χ1n) is 8.29. The molecule has 3 rings (SSSR count). The number of carboxylic acids is 1. The van der Waals surface area contributed by atoms with Crippen molar-refractivity contribution in [2.45, 2.75) is 18.6 Å². The number of anilines is 1. The van der Waals surface area contributed by atoms with Crippen molar-refractivity contribution >= 4 is 45.9 Å². The molecule has 2 unspecified atom stereocenters. The van der Waals surface area contributed by atoms with Crippen molar-refractivity contribution in [3.05, 3.63) is 11.1 Å². The van der Waals surface area contributed by atoms with E-state index in [2.05, 4.69) is 20.3 Å². The van der Waals surface area contributed by atoms with Crippen LogP contribution in [0.4, 0.5) is 5.13 Å². The average molecular weight is 449 g/mol. The number of oxime groups is 1. The quantitative estimate of drug-likeness (QED) is 0.176. The zero-order valence-corrected chi connectivity index (χ0v) is 18.9. The molecule has 2 amide bonds. The molecule has 0 aliphatic carbocycles. The molecule has 13 nitrogen and oxygen atoms in total. The standard InChI is InChI=1S/C15H17N5O8S.Na/c1-26-19-10(8-6-29-14(16)18-8)11(22)17-4-7-5-27-20(12(7)23)15(13(24)25)3-2-9(21)28-15;/h6-7H,2-5H2,1H3,(H2,16,18)(H,17,22)(H,24,25);/q;+1/p-1. The number of rotatable bonds is 7. The Kier molecular flexibility index (Phi) is 7.76. The van der Waals surface area contributed by atoms with Crippen LogP contribution >= 0.6 is 11.3 Å². The van der Waals surface area contributed by atoms with E-state index in [9.17, 15) is 24.3 Å². The maximum absolute atomic E-state index is 12.6. The van der Waals surface area contributed by atoms with E-state index in [0.29, 0.717) is 5.06 Å². The van der Waals surface area contributed by atoms with Crippen LogP contribution in [0.3, 0.4) is 0 Å². The first kappa shape index (κ1) is 24.0. The number of thiazole rings is 1. The van der Waals surface area contributed by atoms with Crippen LogP contribution < -0.4 is 45.7 Å². The predicted molar refractivity (Wildman–Crippen MR) is 92.4 cm³/mol. The molecule has 2 fully saturated rings. The van der Waals surface area contributed by atoms with Gasteiger partial charge < -0.3 is 30.5 Å². The molecule has 1 aromatic rings. The summed E-state index contributed by atoms with van der Waals surface area (Å²) in [6.07, 6.45) is -0.495. The maximum atomic E-state index is 12.6. The first-order chi connectivity index (χ1) is 13.8. The van der Waals surface area contributed by atoms with E-state index >= 15 is 0 Å². The summed E-state index contributed by atoms with van der Waals surface area (Å²) >= 11 is 1.10. The molecular formula is C15H16N5NaO8S. The van der Waals surface area contributed by atoms with Crippen LogP contribution in [-0.2, 0) is 33.6 Å². The van der Waals surface area contributed by atoms with Crippen molar-refractivity contribution in [2.24, 2.45) is 11.1 Å². The third kappa shape index (κ3) is 4.57. The van der Waals surface area contributed by atoms with Gasteiger partial charge in [-0.05, 0) is 0 Å². The molecule has 3 N–H and O–H groups in total. The fourth-order valence-corrected chi connectivity index (χ4v) is 3.36. The van der Waals surface area contributed by atoms with Crippen molar-refractivity contribution in [3.8, 4) is 0 Å². The minimum atomic E-state index is -2.31. The fraction of sp³-hybridized carbons (Fsp3) is 0.467. The van der Waals surface area contributed by atoms with E-state index in [1.807, 2.05) is 0 Å². The second kappa shape index (κ2) is 9.70. The van der Waals surface area contributed by atoms with Gasteiger partial charge in [-0.15, -0.1) is 11.3 Å². The Morgan fingerprint density at radius 1 is 1.53 bits per heavy atom. The fourth-order valence-electron chi connectivity index (χ4n) is 2.82. The second-order valence-electron chi connectivity index (χ2n) is 6.07. The molecule has 0 radical (unpaired) electrons. The monoisotopic (exact) mass is 449 g/mol. The Labute approximate surface area is 195 Å². The van der Waals surface area contributed by atoms with E-state index < -0.39 is 35.4 Å². The van der Waals surface area contributed by atoms with Crippen molar-refractivity contribution < 1.29 is 68.3 Å². The van der Waals surface area contributed by atoms with E-state index in [4.69, 9.17) is 15.3 Å². The number of amides is 2. The van der Waals surface area contributed by atoms with Crippen LogP contribution in [0.25, 0.3) is 0 Å². The Hall–Kier alpha value is -2.26. The smallest absolute Gasteiger partial charge is 0.544 e. The summed E-state index contributed by atoms with van der Waals surface area (Å²) < 4.78 is 4.81. The number of carbonyl (C=O) groups excluding carboxylic acids is 4. The minimum absolute atomic E-state index is 0. The zero-order valence-electron chi connectivity index (χ0n) is 16.1. The summed E-state index contributed by atoms with van der Waals surface area (Å²) in [5, 5.41) is 19.9. The Bertz CT molecular complexity index is 892. The molecule has 156 valence electrons. The predicted octanol–water partition coefficient (Wildman–Crippen LogP) is -5.63. The number of esters is 1. The van der Waals surface area contributed by atoms with Crippen molar-refractivity contribution in [1.29, 1.82) is 0 Å². The van der Waals surface area contributed by atoms with Crippen molar-refractivity contribution in [2.75, 3.05) is 26.0 Å². The molecule has 2 saturated heterocycles. The van der Waals surface area contributed by atoms with Crippen LogP contribution in [0, 0.1) is 5.92 Å². The summed E-state index contributed by atoms with van der Waals surface area (Å²) in [5.41, 5.74) is 3.28. The van der Waals surface area contributed by atoms with Gasteiger partial charge in [0.05, 0.1) is 18.9 Å². The van der Waals surface area contributed by atoms with Crippen LogP contribution in [0.15, 0.2) is 10.5 Å². The van der Waals surface area contributed by atoms with E-state index in [1.54, 1.807) is 0 Å². The number of hydrogen-bond donors (Lipinski definition) is 2. The van der Waals surface area contributed by atoms with Gasteiger partial charge in [0, 0.05) is 18.3 Å². The zero-order chi connectivity index (χ0) is 21.2. The van der Waals surface area contributed by atoms with E-state index in [0.717, 1.165) is 11.3 Å². The first-order valence-corrected chi connectivity index (χ1v) is 9.17. The summed E-state index contributed by atoms with van der Waals surface area (Å²) in [6, 6.07) is 0. The van der Waals surface area contributed by atoms with Gasteiger partial charge in [-0.3, -0.25) is 19.2 Å². The largest absolute Gasteiger partial charge is 1.00 e. The number of aliphatic carboxylic acids is 1. The number of nitrogens with one attached hydrogen (secondary N) is 1. The molecule has 0 saturated carbocycles. The van der Waals surface area contributed by atoms with Gasteiger partial charge in [-0.2, -0.15) is 5.06 Å². The number of carboxylic acid groups (broad SMARTS) is 1. The molecule has 15 heteroatoms. The number of ether oxygens (including phenoxy) is 1. The number of hydroxylamine groups is 2. The number of nitrogens with two attached hydrogens (primary N) is 1. The number of cyclic esters (lactones) is 1. The van der Waals surface area contributed by atoms with Crippen LogP contribution in [0.2, 0.25) is 0 Å². The molecule has 2 aliphatic rings. The van der Waals surface area contributed by atoms with Gasteiger partial charge >= 0.3 is 35.5 Å². The van der Waals surface area contributed by atoms with Crippen molar-refractivity contribution in [1.82, 2.24) is 15.4 Å². The SMILES string of the molecule is CON=C(C(=O)NCC1CON(C2(C(=O)[O-])CCC(=O)O2)C1=O)c1csc(N)n1.[Na+]. The molecule has 1 aromatic heterocycles. The van der Waals surface area contributed by atoms with Crippen molar-refractivity contribution in [3.63, 3.8) is 0 Å². The molecular weight excluding hydrogens is 433 g/mol. The Morgan fingerprint density at radius 2 is 2.27 bits per heavy atom. The minimum Gasteiger partial charge on any atom is -0.544 e. The van der Waals surface area contributed by atoms with Gasteiger partial charge in [0.25, 0.3) is 17.5 Å². The normalized spacial score (nSPS) is 23.7. The molecule has 2 atom stereocenters. The van der Waals surface area contributed by atoms with Crippen LogP contribution in [0.5, 0.6) is 0 Å². The average Bonchev–Trinajstić information content (AvgIpc) is 3.37. The molecule has 30 heavy (non-hydrogen) atoms. The number of hydrogen-bond acceptors (Lipinski definition) is 12. The summed E-state index contributed by atoms with van der Waals surface area (Å²) in [4.78, 5) is 61.7. The molecule has 0 spiro atoms. The van der Waals surface area contributed by atoms with Crippen LogP contribution in [-0.4, -0.2) is 65.5 Å². The third-order valence-corrected chi connectivity index (χ3v) is 4.90.